The molecule has 0 radical (unpaired) electrons. The molecular weight excluding hydrogens is 444 g/mol. The zero-order valence-corrected chi connectivity index (χ0v) is 19.4. The van der Waals surface area contributed by atoms with E-state index in [1.165, 1.54) is 19.3 Å². The number of aliphatic hydroxyl groups excluding tert-OH is 1. The summed E-state index contributed by atoms with van der Waals surface area (Å²) in [6, 6.07) is 7.45. The first-order chi connectivity index (χ1) is 16.0. The number of carbonyl (C=O) groups excluding carboxylic acids is 2. The Labute approximate surface area is 198 Å². The Bertz CT molecular complexity index is 996. The minimum atomic E-state index is -0.523. The molecular formula is C24H31ClN4O4. The van der Waals surface area contributed by atoms with Gasteiger partial charge in [-0.05, 0) is 43.0 Å². The average molecular weight is 475 g/mol. The lowest BCUT2D eigenvalue weighted by atomic mass is 9.87. The van der Waals surface area contributed by atoms with Crippen LogP contribution in [0.2, 0.25) is 5.02 Å². The normalized spacial score (nSPS) is 19.0. The van der Waals surface area contributed by atoms with Gasteiger partial charge in [-0.15, -0.1) is 0 Å². The molecule has 2 amide bonds. The Morgan fingerprint density at radius 2 is 1.97 bits per heavy atom. The zero-order valence-electron chi connectivity index (χ0n) is 18.7. The monoisotopic (exact) mass is 474 g/mol. The van der Waals surface area contributed by atoms with E-state index in [9.17, 15) is 9.59 Å². The summed E-state index contributed by atoms with van der Waals surface area (Å²) in [5.41, 5.74) is 1.35. The number of fused-ring (bicyclic) bond motifs is 1. The second-order valence-corrected chi connectivity index (χ2v) is 9.23. The molecule has 1 aliphatic heterocycles. The number of alkyl carbamates (subject to hydrolysis) is 1. The number of aromatic nitrogens is 1. The molecule has 1 aliphatic carbocycles. The second kappa shape index (κ2) is 11.0. The van der Waals surface area contributed by atoms with Gasteiger partial charge in [0.15, 0.2) is 0 Å². The van der Waals surface area contributed by atoms with E-state index < -0.39 is 6.09 Å². The number of anilines is 2. The summed E-state index contributed by atoms with van der Waals surface area (Å²) in [6.45, 7) is 1.31. The Balaban J connectivity index is 1.42. The largest absolute Gasteiger partial charge is 0.444 e. The van der Waals surface area contributed by atoms with Gasteiger partial charge in [-0.25, -0.2) is 9.78 Å². The first-order valence-electron chi connectivity index (χ1n) is 11.7. The summed E-state index contributed by atoms with van der Waals surface area (Å²) in [5.74, 6) is 1.24. The highest BCUT2D eigenvalue weighted by atomic mass is 35.5. The number of hydrogen-bond donors (Lipinski definition) is 3. The molecule has 2 aromatic rings. The number of halogens is 1. The molecule has 4 rings (SSSR count). The first-order valence-corrected chi connectivity index (χ1v) is 12.1. The lowest BCUT2D eigenvalue weighted by molar-refractivity contribution is -0.117. The van der Waals surface area contributed by atoms with Crippen LogP contribution in [-0.4, -0.2) is 54.4 Å². The van der Waals surface area contributed by atoms with Crippen molar-refractivity contribution in [3.63, 3.8) is 0 Å². The number of aliphatic hydroxyl groups is 1. The molecule has 8 nitrogen and oxygen atoms in total. The summed E-state index contributed by atoms with van der Waals surface area (Å²) in [5, 5.41) is 15.6. The molecule has 1 aromatic carbocycles. The minimum absolute atomic E-state index is 0.000570. The fourth-order valence-electron chi connectivity index (χ4n) is 4.70. The summed E-state index contributed by atoms with van der Waals surface area (Å²) in [4.78, 5) is 31.3. The van der Waals surface area contributed by atoms with E-state index >= 15 is 0 Å². The third-order valence-electron chi connectivity index (χ3n) is 6.39. The van der Waals surface area contributed by atoms with Crippen molar-refractivity contribution >= 4 is 46.0 Å². The van der Waals surface area contributed by atoms with Gasteiger partial charge in [-0.1, -0.05) is 30.9 Å². The van der Waals surface area contributed by atoms with E-state index in [1.54, 1.807) is 6.07 Å². The number of amides is 2. The molecule has 2 aliphatic rings. The highest BCUT2D eigenvalue weighted by Crippen LogP contribution is 2.33. The number of hydrogen-bond acceptors (Lipinski definition) is 6. The topological polar surface area (TPSA) is 104 Å². The number of ether oxygens (including phenoxy) is 1. The molecule has 1 saturated heterocycles. The van der Waals surface area contributed by atoms with E-state index in [0.29, 0.717) is 36.0 Å². The van der Waals surface area contributed by atoms with Gasteiger partial charge in [0.05, 0.1) is 29.4 Å². The molecule has 1 aromatic heterocycles. The average Bonchev–Trinajstić information content (AvgIpc) is 3.28. The van der Waals surface area contributed by atoms with E-state index in [4.69, 9.17) is 26.4 Å². The highest BCUT2D eigenvalue weighted by molar-refractivity contribution is 6.35. The molecule has 2 heterocycles. The summed E-state index contributed by atoms with van der Waals surface area (Å²) in [6.07, 6.45) is 6.38. The van der Waals surface area contributed by atoms with Gasteiger partial charge in [0.2, 0.25) is 5.91 Å². The number of rotatable bonds is 7. The third-order valence-corrected chi connectivity index (χ3v) is 6.71. The van der Waals surface area contributed by atoms with Gasteiger partial charge in [-0.3, -0.25) is 4.79 Å². The number of nitrogens with one attached hydrogen (secondary N) is 2. The predicted molar refractivity (Wildman–Crippen MR) is 129 cm³/mol. The van der Waals surface area contributed by atoms with E-state index in [-0.39, 0.29) is 25.2 Å². The van der Waals surface area contributed by atoms with Crippen LogP contribution in [0.5, 0.6) is 0 Å². The summed E-state index contributed by atoms with van der Waals surface area (Å²) in [7, 11) is 0. The standard InChI is InChI=1S/C24H31ClN4O4/c25-19-7-8-20-18(23(19)28-22(31)14-16-4-2-1-3-5-16)6-9-21(27-20)29-12-10-17(15-29)33-24(32)26-11-13-30/h6-9,16-17,30H,1-5,10-15H2,(H,26,32)(H,28,31). The number of benzene rings is 1. The third kappa shape index (κ3) is 6.06. The van der Waals surface area contributed by atoms with Crippen LogP contribution < -0.4 is 15.5 Å². The van der Waals surface area contributed by atoms with E-state index in [0.717, 1.165) is 36.1 Å². The van der Waals surface area contributed by atoms with Crippen LogP contribution in [0.15, 0.2) is 24.3 Å². The van der Waals surface area contributed by atoms with Crippen molar-refractivity contribution in [3.8, 4) is 0 Å². The Kier molecular flexibility index (Phi) is 7.88. The maximum absolute atomic E-state index is 12.7. The van der Waals surface area contributed by atoms with Gasteiger partial charge in [-0.2, -0.15) is 0 Å². The van der Waals surface area contributed by atoms with Crippen molar-refractivity contribution in [2.45, 2.75) is 51.0 Å². The number of carbonyl (C=O) groups is 2. The molecule has 178 valence electrons. The van der Waals surface area contributed by atoms with E-state index in [1.807, 2.05) is 18.2 Å². The summed E-state index contributed by atoms with van der Waals surface area (Å²) >= 11 is 6.44. The van der Waals surface area contributed by atoms with Crippen LogP contribution in [0.25, 0.3) is 10.9 Å². The van der Waals surface area contributed by atoms with Gasteiger partial charge >= 0.3 is 6.09 Å². The van der Waals surface area contributed by atoms with Gasteiger partial charge in [0.1, 0.15) is 11.9 Å². The molecule has 0 bridgehead atoms. The van der Waals surface area contributed by atoms with Crippen LogP contribution in [0, 0.1) is 5.92 Å². The molecule has 3 N–H and O–H groups in total. The molecule has 33 heavy (non-hydrogen) atoms. The van der Waals surface area contributed by atoms with E-state index in [2.05, 4.69) is 15.5 Å². The molecule has 2 fully saturated rings. The quantitative estimate of drug-likeness (QED) is 0.558. The van der Waals surface area contributed by atoms with Crippen molar-refractivity contribution in [1.82, 2.24) is 10.3 Å². The van der Waals surface area contributed by atoms with Crippen molar-refractivity contribution in [2.75, 3.05) is 36.5 Å². The zero-order chi connectivity index (χ0) is 23.2. The minimum Gasteiger partial charge on any atom is -0.444 e. The van der Waals surface area contributed by atoms with Crippen molar-refractivity contribution in [2.24, 2.45) is 5.92 Å². The van der Waals surface area contributed by atoms with Gasteiger partial charge in [0.25, 0.3) is 0 Å². The predicted octanol–water partition coefficient (Wildman–Crippen LogP) is 4.09. The Hall–Kier alpha value is -2.58. The molecule has 1 unspecified atom stereocenters. The van der Waals surface area contributed by atoms with Crippen molar-refractivity contribution < 1.29 is 19.4 Å². The maximum atomic E-state index is 12.7. The van der Waals surface area contributed by atoms with Crippen LogP contribution in [0.3, 0.4) is 0 Å². The number of nitrogens with zero attached hydrogens (tertiary/aromatic N) is 2. The molecule has 1 saturated carbocycles. The van der Waals surface area contributed by atoms with Crippen LogP contribution in [0.4, 0.5) is 16.3 Å². The Morgan fingerprint density at radius 3 is 2.76 bits per heavy atom. The SMILES string of the molecule is O=C(CC1CCCCC1)Nc1c(Cl)ccc2nc(N3CCC(OC(=O)NCCO)C3)ccc12. The first kappa shape index (κ1) is 23.6. The van der Waals surface area contributed by atoms with Gasteiger partial charge in [0, 0.05) is 31.3 Å². The number of pyridine rings is 1. The lowest BCUT2D eigenvalue weighted by Crippen LogP contribution is -2.32. The molecule has 9 heteroatoms. The molecule has 1 atom stereocenters. The lowest BCUT2D eigenvalue weighted by Gasteiger charge is -2.21. The molecule has 0 spiro atoms. The maximum Gasteiger partial charge on any atom is 0.407 e. The summed E-state index contributed by atoms with van der Waals surface area (Å²) < 4.78 is 5.40. The highest BCUT2D eigenvalue weighted by Gasteiger charge is 2.27. The van der Waals surface area contributed by atoms with Crippen LogP contribution >= 0.6 is 11.6 Å². The fourth-order valence-corrected chi connectivity index (χ4v) is 4.91. The fraction of sp³-hybridized carbons (Fsp3) is 0.542. The Morgan fingerprint density at radius 1 is 1.15 bits per heavy atom. The van der Waals surface area contributed by atoms with Crippen molar-refractivity contribution in [1.29, 1.82) is 0 Å². The van der Waals surface area contributed by atoms with Crippen molar-refractivity contribution in [3.05, 3.63) is 29.3 Å². The van der Waals surface area contributed by atoms with Crippen LogP contribution in [-0.2, 0) is 9.53 Å². The van der Waals surface area contributed by atoms with Crippen LogP contribution in [0.1, 0.15) is 44.9 Å². The second-order valence-electron chi connectivity index (χ2n) is 8.83. The van der Waals surface area contributed by atoms with Gasteiger partial charge < -0.3 is 25.4 Å². The smallest absolute Gasteiger partial charge is 0.407 e.